The number of benzene rings is 1. The van der Waals surface area contributed by atoms with Crippen molar-refractivity contribution < 1.29 is 0 Å². The second-order valence-electron chi connectivity index (χ2n) is 5.45. The second kappa shape index (κ2) is 5.81. The first-order valence-corrected chi connectivity index (χ1v) is 7.07. The van der Waals surface area contributed by atoms with Crippen molar-refractivity contribution in [1.82, 2.24) is 4.90 Å². The van der Waals surface area contributed by atoms with Crippen LogP contribution in [0.1, 0.15) is 31.2 Å². The Morgan fingerprint density at radius 3 is 2.63 bits per heavy atom. The Morgan fingerprint density at radius 1 is 1.37 bits per heavy atom. The van der Waals surface area contributed by atoms with Gasteiger partial charge in [-0.2, -0.15) is 5.26 Å². The van der Waals surface area contributed by atoms with Gasteiger partial charge in [0.1, 0.15) is 6.07 Å². The molecular weight excluding hydrogens is 258 g/mol. The van der Waals surface area contributed by atoms with Crippen molar-refractivity contribution in [1.29, 1.82) is 5.26 Å². The molecule has 0 amide bonds. The topological polar surface area (TPSA) is 39.1 Å². The molecule has 0 atom stereocenters. The molecule has 0 radical (unpaired) electrons. The van der Waals surface area contributed by atoms with Gasteiger partial charge in [-0.25, -0.2) is 0 Å². The highest BCUT2D eigenvalue weighted by Crippen LogP contribution is 2.34. The first-order chi connectivity index (χ1) is 9.09. The van der Waals surface area contributed by atoms with E-state index in [0.717, 1.165) is 12.2 Å². The fraction of sp³-hybridized carbons (Fsp3) is 0.533. The zero-order valence-electron chi connectivity index (χ0n) is 11.5. The molecule has 0 heterocycles. The number of nitrogens with zero attached hydrogens (tertiary/aromatic N) is 2. The molecular formula is C15H20ClN3. The highest BCUT2D eigenvalue weighted by molar-refractivity contribution is 6.32. The molecule has 19 heavy (non-hydrogen) atoms. The van der Waals surface area contributed by atoms with Crippen LogP contribution < -0.4 is 5.32 Å². The Kier molecular flexibility index (Phi) is 4.34. The van der Waals surface area contributed by atoms with Gasteiger partial charge >= 0.3 is 0 Å². The number of likely N-dealkylation sites (N-methyl/N-ethyl adjacent to an activating group) is 1. The van der Waals surface area contributed by atoms with Crippen LogP contribution in [0.5, 0.6) is 0 Å². The normalized spacial score (nSPS) is 17.4. The van der Waals surface area contributed by atoms with Crippen LogP contribution >= 0.6 is 11.6 Å². The molecule has 1 aromatic rings. The molecule has 1 aromatic carbocycles. The number of anilines is 1. The van der Waals surface area contributed by atoms with Crippen LogP contribution in [0.2, 0.25) is 5.02 Å². The van der Waals surface area contributed by atoms with E-state index >= 15 is 0 Å². The van der Waals surface area contributed by atoms with Gasteiger partial charge in [0.05, 0.1) is 16.3 Å². The van der Waals surface area contributed by atoms with E-state index in [1.54, 1.807) is 6.07 Å². The number of halogens is 1. The fourth-order valence-electron chi connectivity index (χ4n) is 2.86. The van der Waals surface area contributed by atoms with Crippen LogP contribution in [0, 0.1) is 11.3 Å². The Morgan fingerprint density at radius 2 is 2.05 bits per heavy atom. The zero-order chi connectivity index (χ0) is 13.9. The lowest BCUT2D eigenvalue weighted by atomic mass is 9.95. The molecule has 4 heteroatoms. The van der Waals surface area contributed by atoms with E-state index < -0.39 is 0 Å². The number of rotatable bonds is 4. The lowest BCUT2D eigenvalue weighted by Crippen LogP contribution is -2.47. The molecule has 0 saturated heterocycles. The molecule has 0 unspecified atom stereocenters. The van der Waals surface area contributed by atoms with Crippen molar-refractivity contribution in [3.05, 3.63) is 28.8 Å². The quantitative estimate of drug-likeness (QED) is 0.916. The summed E-state index contributed by atoms with van der Waals surface area (Å²) in [6.45, 7) is 0.856. The standard InChI is InChI=1S/C15H20ClN3/c1-19(2)15(8-3-4-9-15)11-18-14-7-5-6-13(16)12(14)10-17/h5-7,18H,3-4,8-9,11H2,1-2H3. The van der Waals surface area contributed by atoms with E-state index in [1.165, 1.54) is 25.7 Å². The summed E-state index contributed by atoms with van der Waals surface area (Å²) in [6.07, 6.45) is 4.96. The Hall–Kier alpha value is -1.24. The van der Waals surface area contributed by atoms with Crippen LogP contribution in [0.15, 0.2) is 18.2 Å². The van der Waals surface area contributed by atoms with E-state index in [4.69, 9.17) is 11.6 Å². The summed E-state index contributed by atoms with van der Waals surface area (Å²) in [5, 5.41) is 13.1. The molecule has 1 saturated carbocycles. The van der Waals surface area contributed by atoms with Gasteiger partial charge in [-0.05, 0) is 39.1 Å². The lowest BCUT2D eigenvalue weighted by Gasteiger charge is -2.37. The highest BCUT2D eigenvalue weighted by Gasteiger charge is 2.35. The van der Waals surface area contributed by atoms with E-state index in [1.807, 2.05) is 12.1 Å². The fourth-order valence-corrected chi connectivity index (χ4v) is 3.08. The third kappa shape index (κ3) is 2.86. The van der Waals surface area contributed by atoms with Crippen LogP contribution in [-0.2, 0) is 0 Å². The lowest BCUT2D eigenvalue weighted by molar-refractivity contribution is 0.172. The summed E-state index contributed by atoms with van der Waals surface area (Å²) in [7, 11) is 4.27. The van der Waals surface area contributed by atoms with E-state index in [9.17, 15) is 5.26 Å². The monoisotopic (exact) mass is 277 g/mol. The first-order valence-electron chi connectivity index (χ1n) is 6.69. The number of nitriles is 1. The summed E-state index contributed by atoms with van der Waals surface area (Å²) >= 11 is 6.05. The van der Waals surface area contributed by atoms with Gasteiger partial charge in [-0.1, -0.05) is 30.5 Å². The number of hydrogen-bond acceptors (Lipinski definition) is 3. The minimum Gasteiger partial charge on any atom is -0.382 e. The maximum absolute atomic E-state index is 9.18. The van der Waals surface area contributed by atoms with Crippen molar-refractivity contribution in [2.24, 2.45) is 0 Å². The number of hydrogen-bond donors (Lipinski definition) is 1. The SMILES string of the molecule is CN(C)C1(CNc2cccc(Cl)c2C#N)CCCC1. The van der Waals surface area contributed by atoms with Crippen molar-refractivity contribution in [3.63, 3.8) is 0 Å². The third-order valence-electron chi connectivity index (χ3n) is 4.22. The third-order valence-corrected chi connectivity index (χ3v) is 4.53. The van der Waals surface area contributed by atoms with Gasteiger partial charge < -0.3 is 10.2 Å². The van der Waals surface area contributed by atoms with Gasteiger partial charge in [0.2, 0.25) is 0 Å². The van der Waals surface area contributed by atoms with E-state index in [2.05, 4.69) is 30.4 Å². The predicted molar refractivity (Wildman–Crippen MR) is 79.5 cm³/mol. The summed E-state index contributed by atoms with van der Waals surface area (Å²) in [5.41, 5.74) is 1.58. The molecule has 1 fully saturated rings. The molecule has 0 aliphatic heterocycles. The van der Waals surface area contributed by atoms with E-state index in [0.29, 0.717) is 10.6 Å². The van der Waals surface area contributed by atoms with Gasteiger partial charge in [0, 0.05) is 12.1 Å². The minimum atomic E-state index is 0.203. The van der Waals surface area contributed by atoms with Crippen molar-refractivity contribution in [2.45, 2.75) is 31.2 Å². The average molecular weight is 278 g/mol. The molecule has 2 rings (SSSR count). The predicted octanol–water partition coefficient (Wildman–Crippen LogP) is 3.50. The molecule has 0 bridgehead atoms. The second-order valence-corrected chi connectivity index (χ2v) is 5.86. The highest BCUT2D eigenvalue weighted by atomic mass is 35.5. The van der Waals surface area contributed by atoms with Gasteiger partial charge in [0.15, 0.2) is 0 Å². The van der Waals surface area contributed by atoms with Crippen molar-refractivity contribution >= 4 is 17.3 Å². The Bertz CT molecular complexity index is 485. The first kappa shape index (κ1) is 14.2. The molecule has 1 aliphatic carbocycles. The zero-order valence-corrected chi connectivity index (χ0v) is 12.3. The van der Waals surface area contributed by atoms with Crippen LogP contribution in [0.3, 0.4) is 0 Å². The van der Waals surface area contributed by atoms with Gasteiger partial charge in [0.25, 0.3) is 0 Å². The average Bonchev–Trinajstić information content (AvgIpc) is 2.86. The van der Waals surface area contributed by atoms with Crippen molar-refractivity contribution in [2.75, 3.05) is 26.0 Å². The smallest absolute Gasteiger partial charge is 0.103 e. The van der Waals surface area contributed by atoms with Crippen molar-refractivity contribution in [3.8, 4) is 6.07 Å². The maximum Gasteiger partial charge on any atom is 0.103 e. The van der Waals surface area contributed by atoms with E-state index in [-0.39, 0.29) is 5.54 Å². The Balaban J connectivity index is 2.14. The molecule has 0 aromatic heterocycles. The summed E-state index contributed by atoms with van der Waals surface area (Å²) in [6, 6.07) is 7.72. The molecule has 102 valence electrons. The van der Waals surface area contributed by atoms with Gasteiger partial charge in [-0.15, -0.1) is 0 Å². The molecule has 3 nitrogen and oxygen atoms in total. The molecule has 0 spiro atoms. The molecule has 1 N–H and O–H groups in total. The van der Waals surface area contributed by atoms with Crippen LogP contribution in [0.25, 0.3) is 0 Å². The minimum absolute atomic E-state index is 0.203. The summed E-state index contributed by atoms with van der Waals surface area (Å²) < 4.78 is 0. The summed E-state index contributed by atoms with van der Waals surface area (Å²) in [4.78, 5) is 2.31. The Labute approximate surface area is 120 Å². The largest absolute Gasteiger partial charge is 0.382 e. The van der Waals surface area contributed by atoms with Crippen LogP contribution in [-0.4, -0.2) is 31.1 Å². The summed E-state index contributed by atoms with van der Waals surface area (Å²) in [5.74, 6) is 0. The maximum atomic E-state index is 9.18. The molecule has 1 aliphatic rings. The van der Waals surface area contributed by atoms with Crippen LogP contribution in [0.4, 0.5) is 5.69 Å². The van der Waals surface area contributed by atoms with Gasteiger partial charge in [-0.3, -0.25) is 0 Å². The number of nitrogens with one attached hydrogen (secondary N) is 1.